The number of hydrazone groups is 1. The molecule has 0 atom stereocenters. The zero-order valence-electron chi connectivity index (χ0n) is 18.3. The van der Waals surface area contributed by atoms with E-state index in [1.165, 1.54) is 24.7 Å². The number of hydrogen-bond acceptors (Lipinski definition) is 7. The van der Waals surface area contributed by atoms with Crippen molar-refractivity contribution >= 4 is 62.1 Å². The molecule has 0 aliphatic carbocycles. The van der Waals surface area contributed by atoms with E-state index in [0.717, 1.165) is 15.5 Å². The number of carbonyl (C=O) groups excluding carboxylic acids is 2. The Morgan fingerprint density at radius 2 is 1.83 bits per heavy atom. The van der Waals surface area contributed by atoms with Crippen LogP contribution < -0.4 is 14.9 Å². The van der Waals surface area contributed by atoms with Gasteiger partial charge >= 0.3 is 11.9 Å². The Bertz CT molecular complexity index is 1570. The summed E-state index contributed by atoms with van der Waals surface area (Å²) in [6.07, 6.45) is 1.44. The maximum Gasteiger partial charge on any atom is 0.355 e. The SMILES string of the molecule is COc1cc(C=NNC(=O)c2cc3ccccc3o2)ccc1OC(=O)c1sc2ccccc2c1Cl. The summed E-state index contributed by atoms with van der Waals surface area (Å²) in [5.74, 6) is -0.343. The van der Waals surface area contributed by atoms with Crippen molar-refractivity contribution in [3.63, 3.8) is 0 Å². The first-order valence-electron chi connectivity index (χ1n) is 10.4. The summed E-state index contributed by atoms with van der Waals surface area (Å²) in [7, 11) is 1.46. The zero-order chi connectivity index (χ0) is 24.4. The van der Waals surface area contributed by atoms with E-state index in [4.69, 9.17) is 25.5 Å². The molecular weight excluding hydrogens is 488 g/mol. The van der Waals surface area contributed by atoms with Crippen molar-refractivity contribution in [2.45, 2.75) is 0 Å². The number of amides is 1. The van der Waals surface area contributed by atoms with Crippen molar-refractivity contribution in [1.82, 2.24) is 5.43 Å². The number of halogens is 1. The van der Waals surface area contributed by atoms with E-state index >= 15 is 0 Å². The lowest BCUT2D eigenvalue weighted by Crippen LogP contribution is -2.16. The van der Waals surface area contributed by atoms with Gasteiger partial charge in [-0.15, -0.1) is 11.3 Å². The fourth-order valence-electron chi connectivity index (χ4n) is 3.45. The normalized spacial score (nSPS) is 11.3. The van der Waals surface area contributed by atoms with Crippen molar-refractivity contribution in [3.8, 4) is 11.5 Å². The average molecular weight is 505 g/mol. The molecule has 3 aromatic carbocycles. The third-order valence-electron chi connectivity index (χ3n) is 5.14. The van der Waals surface area contributed by atoms with Gasteiger partial charge in [-0.1, -0.05) is 48.0 Å². The molecule has 5 aromatic rings. The molecule has 0 unspecified atom stereocenters. The van der Waals surface area contributed by atoms with E-state index in [-0.39, 0.29) is 11.5 Å². The Kier molecular flexibility index (Phi) is 6.22. The molecule has 0 bridgehead atoms. The third kappa shape index (κ3) is 4.62. The second-order valence-electron chi connectivity index (χ2n) is 7.39. The number of methoxy groups -OCH3 is 1. The highest BCUT2D eigenvalue weighted by Gasteiger charge is 2.20. The molecule has 0 aliphatic heterocycles. The van der Waals surface area contributed by atoms with Crippen molar-refractivity contribution < 1.29 is 23.5 Å². The first-order valence-corrected chi connectivity index (χ1v) is 11.6. The summed E-state index contributed by atoms with van der Waals surface area (Å²) in [6, 6.07) is 21.4. The number of para-hydroxylation sites is 1. The molecule has 5 rings (SSSR count). The Hall–Kier alpha value is -4.14. The quantitative estimate of drug-likeness (QED) is 0.127. The second-order valence-corrected chi connectivity index (χ2v) is 8.82. The highest BCUT2D eigenvalue weighted by Crippen LogP contribution is 2.37. The minimum Gasteiger partial charge on any atom is -0.493 e. The number of esters is 1. The van der Waals surface area contributed by atoms with Crippen LogP contribution in [0.3, 0.4) is 0 Å². The first-order chi connectivity index (χ1) is 17.0. The van der Waals surface area contributed by atoms with Crippen molar-refractivity contribution in [3.05, 3.63) is 94.0 Å². The predicted octanol–water partition coefficient (Wildman–Crippen LogP) is 6.29. The number of fused-ring (bicyclic) bond motifs is 2. The summed E-state index contributed by atoms with van der Waals surface area (Å²) in [5, 5.41) is 5.96. The number of rotatable bonds is 6. The molecule has 2 aromatic heterocycles. The molecule has 0 aliphatic rings. The van der Waals surface area contributed by atoms with Gasteiger partial charge < -0.3 is 13.9 Å². The highest BCUT2D eigenvalue weighted by atomic mass is 35.5. The average Bonchev–Trinajstić information content (AvgIpc) is 3.46. The number of furan rings is 1. The van der Waals surface area contributed by atoms with Crippen LogP contribution in [0.15, 0.2) is 82.3 Å². The third-order valence-corrected chi connectivity index (χ3v) is 6.80. The Labute approximate surface area is 208 Å². The number of hydrogen-bond donors (Lipinski definition) is 1. The molecule has 0 saturated carbocycles. The van der Waals surface area contributed by atoms with Gasteiger partial charge in [0.15, 0.2) is 17.3 Å². The molecule has 0 fully saturated rings. The molecular formula is C26H17ClN2O5S. The van der Waals surface area contributed by atoms with Crippen LogP contribution in [-0.2, 0) is 0 Å². The highest BCUT2D eigenvalue weighted by molar-refractivity contribution is 7.21. The van der Waals surface area contributed by atoms with E-state index < -0.39 is 11.9 Å². The van der Waals surface area contributed by atoms with Crippen LogP contribution in [0.2, 0.25) is 5.02 Å². The molecule has 0 spiro atoms. The molecule has 174 valence electrons. The largest absolute Gasteiger partial charge is 0.493 e. The van der Waals surface area contributed by atoms with Gasteiger partial charge in [-0.2, -0.15) is 5.10 Å². The van der Waals surface area contributed by atoms with Crippen LogP contribution in [0.4, 0.5) is 0 Å². The second kappa shape index (κ2) is 9.61. The maximum absolute atomic E-state index is 12.8. The lowest BCUT2D eigenvalue weighted by Gasteiger charge is -2.09. The first kappa shape index (κ1) is 22.6. The fraction of sp³-hybridized carbons (Fsp3) is 0.0385. The Balaban J connectivity index is 1.28. The monoisotopic (exact) mass is 504 g/mol. The van der Waals surface area contributed by atoms with E-state index in [9.17, 15) is 9.59 Å². The fourth-order valence-corrected chi connectivity index (χ4v) is 4.84. The van der Waals surface area contributed by atoms with Gasteiger partial charge in [0.1, 0.15) is 10.5 Å². The van der Waals surface area contributed by atoms with Gasteiger partial charge in [0.25, 0.3) is 0 Å². The summed E-state index contributed by atoms with van der Waals surface area (Å²) in [5.41, 5.74) is 3.67. The summed E-state index contributed by atoms with van der Waals surface area (Å²) in [6.45, 7) is 0. The van der Waals surface area contributed by atoms with Gasteiger partial charge in [0.2, 0.25) is 0 Å². The minimum absolute atomic E-state index is 0.156. The van der Waals surface area contributed by atoms with Gasteiger partial charge in [-0.3, -0.25) is 4.79 Å². The zero-order valence-corrected chi connectivity index (χ0v) is 19.9. The molecule has 1 N–H and O–H groups in total. The molecule has 7 nitrogen and oxygen atoms in total. The Morgan fingerprint density at radius 1 is 1.03 bits per heavy atom. The lowest BCUT2D eigenvalue weighted by atomic mass is 10.2. The van der Waals surface area contributed by atoms with Crippen LogP contribution in [0.5, 0.6) is 11.5 Å². The van der Waals surface area contributed by atoms with Crippen LogP contribution in [0.1, 0.15) is 25.8 Å². The lowest BCUT2D eigenvalue weighted by molar-refractivity contribution is 0.0734. The standard InChI is InChI=1S/C26H17ClN2O5S/c1-32-20-12-15(14-28-29-25(30)21-13-16-6-2-4-8-18(16)33-21)10-11-19(20)34-26(31)24-23(27)17-7-3-5-9-22(17)35-24/h2-14H,1H3,(H,29,30). The molecule has 35 heavy (non-hydrogen) atoms. The van der Waals surface area contributed by atoms with Crippen LogP contribution in [0.25, 0.3) is 21.1 Å². The van der Waals surface area contributed by atoms with Crippen LogP contribution in [-0.4, -0.2) is 25.2 Å². The number of nitrogens with one attached hydrogen (secondary N) is 1. The van der Waals surface area contributed by atoms with Crippen LogP contribution in [0, 0.1) is 0 Å². The minimum atomic E-state index is -0.575. The van der Waals surface area contributed by atoms with Crippen molar-refractivity contribution in [2.75, 3.05) is 7.11 Å². The molecule has 2 heterocycles. The maximum atomic E-state index is 12.8. The smallest absolute Gasteiger partial charge is 0.355 e. The van der Waals surface area contributed by atoms with Gasteiger partial charge in [-0.05, 0) is 42.0 Å². The number of thiophene rings is 1. The van der Waals surface area contributed by atoms with Gasteiger partial charge in [-0.25, -0.2) is 10.2 Å². The molecule has 1 amide bonds. The summed E-state index contributed by atoms with van der Waals surface area (Å²) >= 11 is 7.65. The summed E-state index contributed by atoms with van der Waals surface area (Å²) in [4.78, 5) is 25.4. The molecule has 9 heteroatoms. The number of nitrogens with zero attached hydrogens (tertiary/aromatic N) is 1. The number of carbonyl (C=O) groups is 2. The van der Waals surface area contributed by atoms with E-state index in [0.29, 0.717) is 26.8 Å². The van der Waals surface area contributed by atoms with E-state index in [1.807, 2.05) is 42.5 Å². The number of benzene rings is 3. The van der Waals surface area contributed by atoms with Crippen molar-refractivity contribution in [1.29, 1.82) is 0 Å². The van der Waals surface area contributed by atoms with E-state index in [1.54, 1.807) is 30.3 Å². The van der Waals surface area contributed by atoms with E-state index in [2.05, 4.69) is 10.5 Å². The molecule has 0 saturated heterocycles. The topological polar surface area (TPSA) is 90.1 Å². The van der Waals surface area contributed by atoms with Gasteiger partial charge in [0, 0.05) is 15.5 Å². The Morgan fingerprint density at radius 3 is 2.63 bits per heavy atom. The molecule has 0 radical (unpaired) electrons. The predicted molar refractivity (Wildman–Crippen MR) is 136 cm³/mol. The summed E-state index contributed by atoms with van der Waals surface area (Å²) < 4.78 is 17.3. The van der Waals surface area contributed by atoms with Crippen LogP contribution >= 0.6 is 22.9 Å². The number of ether oxygens (including phenoxy) is 2. The van der Waals surface area contributed by atoms with Crippen molar-refractivity contribution in [2.24, 2.45) is 5.10 Å². The van der Waals surface area contributed by atoms with Gasteiger partial charge in [0.05, 0.1) is 18.3 Å².